The first-order valence-electron chi connectivity index (χ1n) is 7.51. The summed E-state index contributed by atoms with van der Waals surface area (Å²) >= 11 is 0. The van der Waals surface area contributed by atoms with Crippen LogP contribution in [0.4, 0.5) is 0 Å². The summed E-state index contributed by atoms with van der Waals surface area (Å²) in [7, 11) is 3.46. The van der Waals surface area contributed by atoms with Crippen molar-refractivity contribution in [2.24, 2.45) is 0 Å². The second kappa shape index (κ2) is 7.54. The molecule has 0 aromatic heterocycles. The number of carbonyl (C=O) groups is 1. The highest BCUT2D eigenvalue weighted by Gasteiger charge is 2.15. The molecular formula is C16H25N3O2. The molecule has 0 bridgehead atoms. The van der Waals surface area contributed by atoms with E-state index in [0.717, 1.165) is 31.5 Å². The molecule has 3 N–H and O–H groups in total. The van der Waals surface area contributed by atoms with E-state index in [2.05, 4.69) is 10.6 Å². The Morgan fingerprint density at radius 3 is 2.52 bits per heavy atom. The predicted molar refractivity (Wildman–Crippen MR) is 83.3 cm³/mol. The zero-order valence-electron chi connectivity index (χ0n) is 12.8. The van der Waals surface area contributed by atoms with Crippen LogP contribution in [-0.4, -0.2) is 55.7 Å². The van der Waals surface area contributed by atoms with Crippen molar-refractivity contribution in [3.8, 4) is 0 Å². The van der Waals surface area contributed by atoms with Gasteiger partial charge in [0.05, 0.1) is 6.10 Å². The Kier molecular flexibility index (Phi) is 5.73. The maximum atomic E-state index is 11.8. The van der Waals surface area contributed by atoms with E-state index in [0.29, 0.717) is 18.2 Å². The maximum Gasteiger partial charge on any atom is 0.253 e. The number of rotatable bonds is 5. The number of aliphatic hydroxyl groups is 1. The van der Waals surface area contributed by atoms with Crippen LogP contribution in [0.2, 0.25) is 0 Å². The number of carbonyl (C=O) groups excluding carboxylic acids is 1. The highest BCUT2D eigenvalue weighted by Crippen LogP contribution is 2.15. The number of nitrogens with one attached hydrogen (secondary N) is 2. The van der Waals surface area contributed by atoms with Gasteiger partial charge in [0.25, 0.3) is 5.91 Å². The molecule has 0 spiro atoms. The van der Waals surface area contributed by atoms with E-state index in [1.165, 1.54) is 0 Å². The van der Waals surface area contributed by atoms with E-state index in [1.54, 1.807) is 31.1 Å². The Bertz CT molecular complexity index is 453. The van der Waals surface area contributed by atoms with Gasteiger partial charge in [-0.25, -0.2) is 0 Å². The molecule has 21 heavy (non-hydrogen) atoms. The summed E-state index contributed by atoms with van der Waals surface area (Å²) < 4.78 is 0. The SMILES string of the molecule is CN(C)C(=O)c1ccc(C(O)CNC2CCNCC2)cc1. The fourth-order valence-electron chi connectivity index (χ4n) is 2.53. The minimum absolute atomic E-state index is 0.0242. The fourth-order valence-corrected chi connectivity index (χ4v) is 2.53. The van der Waals surface area contributed by atoms with Crippen LogP contribution in [0.25, 0.3) is 0 Å². The molecule has 0 aliphatic carbocycles. The van der Waals surface area contributed by atoms with E-state index in [4.69, 9.17) is 0 Å². The van der Waals surface area contributed by atoms with Gasteiger partial charge in [0.2, 0.25) is 0 Å². The van der Waals surface area contributed by atoms with Gasteiger partial charge in [0, 0.05) is 32.2 Å². The van der Waals surface area contributed by atoms with Crippen molar-refractivity contribution in [3.05, 3.63) is 35.4 Å². The zero-order valence-corrected chi connectivity index (χ0v) is 12.8. The highest BCUT2D eigenvalue weighted by molar-refractivity contribution is 5.93. The van der Waals surface area contributed by atoms with Crippen LogP contribution in [0.1, 0.15) is 34.9 Å². The molecule has 0 radical (unpaired) electrons. The molecule has 5 nitrogen and oxygen atoms in total. The van der Waals surface area contributed by atoms with Gasteiger partial charge in [-0.2, -0.15) is 0 Å². The van der Waals surface area contributed by atoms with E-state index < -0.39 is 6.10 Å². The lowest BCUT2D eigenvalue weighted by Crippen LogP contribution is -2.41. The third-order valence-electron chi connectivity index (χ3n) is 3.89. The van der Waals surface area contributed by atoms with Gasteiger partial charge < -0.3 is 20.6 Å². The molecule has 1 aromatic rings. The quantitative estimate of drug-likeness (QED) is 0.749. The molecular weight excluding hydrogens is 266 g/mol. The van der Waals surface area contributed by atoms with E-state index in [1.807, 2.05) is 12.1 Å². The second-order valence-electron chi connectivity index (χ2n) is 5.77. The molecule has 1 unspecified atom stereocenters. The van der Waals surface area contributed by atoms with Crippen LogP contribution in [0.15, 0.2) is 24.3 Å². The Morgan fingerprint density at radius 2 is 1.95 bits per heavy atom. The zero-order chi connectivity index (χ0) is 15.2. The van der Waals surface area contributed by atoms with Crippen LogP contribution in [-0.2, 0) is 0 Å². The summed E-state index contributed by atoms with van der Waals surface area (Å²) in [5, 5.41) is 16.9. The molecule has 116 valence electrons. The summed E-state index contributed by atoms with van der Waals surface area (Å²) in [6.45, 7) is 2.62. The minimum Gasteiger partial charge on any atom is -0.387 e. The topological polar surface area (TPSA) is 64.6 Å². The van der Waals surface area contributed by atoms with Gasteiger partial charge in [0.15, 0.2) is 0 Å². The first-order chi connectivity index (χ1) is 10.1. The van der Waals surface area contributed by atoms with Crippen LogP contribution in [0.3, 0.4) is 0 Å². The molecule has 1 aliphatic rings. The molecule has 0 saturated carbocycles. The second-order valence-corrected chi connectivity index (χ2v) is 5.77. The van der Waals surface area contributed by atoms with Crippen molar-refractivity contribution in [3.63, 3.8) is 0 Å². The summed E-state index contributed by atoms with van der Waals surface area (Å²) in [5.41, 5.74) is 1.48. The Hall–Kier alpha value is -1.43. The lowest BCUT2D eigenvalue weighted by molar-refractivity contribution is 0.0827. The maximum absolute atomic E-state index is 11.8. The number of aliphatic hydroxyl groups excluding tert-OH is 1. The van der Waals surface area contributed by atoms with Crippen molar-refractivity contribution in [1.82, 2.24) is 15.5 Å². The highest BCUT2D eigenvalue weighted by atomic mass is 16.3. The third kappa shape index (κ3) is 4.52. The summed E-state index contributed by atoms with van der Waals surface area (Å²) in [6, 6.07) is 7.67. The van der Waals surface area contributed by atoms with Gasteiger partial charge in [-0.3, -0.25) is 4.79 Å². The van der Waals surface area contributed by atoms with E-state index in [-0.39, 0.29) is 5.91 Å². The lowest BCUT2D eigenvalue weighted by atomic mass is 10.0. The van der Waals surface area contributed by atoms with Crippen molar-refractivity contribution >= 4 is 5.91 Å². The van der Waals surface area contributed by atoms with Gasteiger partial charge >= 0.3 is 0 Å². The summed E-state index contributed by atoms with van der Waals surface area (Å²) in [6.07, 6.45) is 1.66. The molecule has 1 saturated heterocycles. The third-order valence-corrected chi connectivity index (χ3v) is 3.89. The van der Waals surface area contributed by atoms with Crippen molar-refractivity contribution < 1.29 is 9.90 Å². The lowest BCUT2D eigenvalue weighted by Gasteiger charge is -2.25. The standard InChI is InChI=1S/C16H25N3O2/c1-19(2)16(21)13-5-3-12(4-6-13)15(20)11-18-14-7-9-17-10-8-14/h3-6,14-15,17-18,20H,7-11H2,1-2H3. The molecule has 1 atom stereocenters. The Balaban J connectivity index is 1.87. The molecule has 1 amide bonds. The Morgan fingerprint density at radius 1 is 1.33 bits per heavy atom. The average molecular weight is 291 g/mol. The predicted octanol–water partition coefficient (Wildman–Crippen LogP) is 0.763. The number of hydrogen-bond acceptors (Lipinski definition) is 4. The first kappa shape index (κ1) is 15.9. The van der Waals surface area contributed by atoms with Crippen LogP contribution in [0, 0.1) is 0 Å². The molecule has 2 rings (SSSR count). The number of amides is 1. The summed E-state index contributed by atoms with van der Waals surface area (Å²) in [4.78, 5) is 13.3. The molecule has 1 aliphatic heterocycles. The number of nitrogens with zero attached hydrogens (tertiary/aromatic N) is 1. The van der Waals surface area contributed by atoms with Crippen LogP contribution < -0.4 is 10.6 Å². The molecule has 1 heterocycles. The van der Waals surface area contributed by atoms with Crippen molar-refractivity contribution in [2.75, 3.05) is 33.7 Å². The van der Waals surface area contributed by atoms with Crippen LogP contribution in [0.5, 0.6) is 0 Å². The number of piperidine rings is 1. The van der Waals surface area contributed by atoms with Crippen molar-refractivity contribution in [1.29, 1.82) is 0 Å². The van der Waals surface area contributed by atoms with Crippen LogP contribution >= 0.6 is 0 Å². The van der Waals surface area contributed by atoms with E-state index in [9.17, 15) is 9.90 Å². The average Bonchev–Trinajstić information content (AvgIpc) is 2.53. The van der Waals surface area contributed by atoms with Gasteiger partial charge in [-0.15, -0.1) is 0 Å². The number of hydrogen-bond donors (Lipinski definition) is 3. The van der Waals surface area contributed by atoms with Gasteiger partial charge in [0.1, 0.15) is 0 Å². The summed E-state index contributed by atoms with van der Waals surface area (Å²) in [5.74, 6) is -0.0242. The van der Waals surface area contributed by atoms with Crippen molar-refractivity contribution in [2.45, 2.75) is 25.0 Å². The van der Waals surface area contributed by atoms with Gasteiger partial charge in [-0.05, 0) is 43.6 Å². The van der Waals surface area contributed by atoms with E-state index >= 15 is 0 Å². The monoisotopic (exact) mass is 291 g/mol. The number of benzene rings is 1. The molecule has 1 aromatic carbocycles. The van der Waals surface area contributed by atoms with Gasteiger partial charge in [-0.1, -0.05) is 12.1 Å². The fraction of sp³-hybridized carbons (Fsp3) is 0.562. The molecule has 1 fully saturated rings. The normalized spacial score (nSPS) is 17.5. The first-order valence-corrected chi connectivity index (χ1v) is 7.51. The smallest absolute Gasteiger partial charge is 0.253 e. The minimum atomic E-state index is -0.539. The largest absolute Gasteiger partial charge is 0.387 e. The Labute approximate surface area is 126 Å². The molecule has 5 heteroatoms.